The van der Waals surface area contributed by atoms with Crippen molar-refractivity contribution in [2.24, 2.45) is 0 Å². The second kappa shape index (κ2) is 5.36. The SMILES string of the molecule is O=C(CCl)NCc1ccc(C(=O)O)cc1. The maximum Gasteiger partial charge on any atom is 0.335 e. The number of halogens is 1. The van der Waals surface area contributed by atoms with Gasteiger partial charge < -0.3 is 10.4 Å². The zero-order valence-corrected chi connectivity index (χ0v) is 8.62. The standard InChI is InChI=1S/C10H10ClNO3/c11-5-9(13)12-6-7-1-3-8(4-2-7)10(14)15/h1-4H,5-6H2,(H,12,13)(H,14,15). The molecule has 4 nitrogen and oxygen atoms in total. The molecule has 0 spiro atoms. The molecule has 15 heavy (non-hydrogen) atoms. The van der Waals surface area contributed by atoms with E-state index < -0.39 is 5.97 Å². The quantitative estimate of drug-likeness (QED) is 0.761. The summed E-state index contributed by atoms with van der Waals surface area (Å²) in [6.07, 6.45) is 0. The van der Waals surface area contributed by atoms with Crippen molar-refractivity contribution in [2.75, 3.05) is 5.88 Å². The van der Waals surface area contributed by atoms with Gasteiger partial charge in [-0.25, -0.2) is 4.79 Å². The molecule has 1 aromatic carbocycles. The van der Waals surface area contributed by atoms with Crippen LogP contribution in [0.15, 0.2) is 24.3 Å². The number of carboxylic acids is 1. The van der Waals surface area contributed by atoms with E-state index in [1.165, 1.54) is 12.1 Å². The third kappa shape index (κ3) is 3.59. The number of carbonyl (C=O) groups excluding carboxylic acids is 1. The van der Waals surface area contributed by atoms with Crippen LogP contribution in [-0.4, -0.2) is 22.9 Å². The molecule has 0 saturated heterocycles. The minimum absolute atomic E-state index is 0.0762. The number of alkyl halides is 1. The van der Waals surface area contributed by atoms with Gasteiger partial charge in [0.15, 0.2) is 0 Å². The smallest absolute Gasteiger partial charge is 0.335 e. The van der Waals surface area contributed by atoms with Gasteiger partial charge in [0, 0.05) is 6.54 Å². The van der Waals surface area contributed by atoms with Crippen molar-refractivity contribution in [3.8, 4) is 0 Å². The van der Waals surface area contributed by atoms with Crippen molar-refractivity contribution >= 4 is 23.5 Å². The Kier molecular flexibility index (Phi) is 4.12. The zero-order chi connectivity index (χ0) is 11.3. The number of carboxylic acid groups (broad SMARTS) is 1. The van der Waals surface area contributed by atoms with E-state index in [1.54, 1.807) is 12.1 Å². The highest BCUT2D eigenvalue weighted by molar-refractivity contribution is 6.27. The average molecular weight is 228 g/mol. The lowest BCUT2D eigenvalue weighted by Crippen LogP contribution is -2.23. The molecular weight excluding hydrogens is 218 g/mol. The van der Waals surface area contributed by atoms with Gasteiger partial charge in [0.25, 0.3) is 0 Å². The number of benzene rings is 1. The van der Waals surface area contributed by atoms with E-state index in [2.05, 4.69) is 5.32 Å². The maximum atomic E-state index is 10.8. The summed E-state index contributed by atoms with van der Waals surface area (Å²) >= 11 is 5.30. The fourth-order valence-electron chi connectivity index (χ4n) is 1.01. The van der Waals surface area contributed by atoms with E-state index >= 15 is 0 Å². The molecular formula is C10H10ClNO3. The lowest BCUT2D eigenvalue weighted by molar-refractivity contribution is -0.118. The molecule has 0 saturated carbocycles. The van der Waals surface area contributed by atoms with Crippen LogP contribution < -0.4 is 5.32 Å². The molecule has 0 bridgehead atoms. The van der Waals surface area contributed by atoms with Gasteiger partial charge in [0.1, 0.15) is 5.88 Å². The highest BCUT2D eigenvalue weighted by Gasteiger charge is 2.02. The fourth-order valence-corrected chi connectivity index (χ4v) is 1.11. The van der Waals surface area contributed by atoms with Crippen molar-refractivity contribution in [3.05, 3.63) is 35.4 Å². The van der Waals surface area contributed by atoms with Crippen LogP contribution in [0.1, 0.15) is 15.9 Å². The van der Waals surface area contributed by atoms with Gasteiger partial charge in [0.2, 0.25) is 5.91 Å². The van der Waals surface area contributed by atoms with E-state index in [-0.39, 0.29) is 17.4 Å². The number of carbonyl (C=O) groups is 2. The topological polar surface area (TPSA) is 66.4 Å². The molecule has 5 heteroatoms. The van der Waals surface area contributed by atoms with E-state index in [0.717, 1.165) is 5.56 Å². The van der Waals surface area contributed by atoms with E-state index in [0.29, 0.717) is 6.54 Å². The fraction of sp³-hybridized carbons (Fsp3) is 0.200. The molecule has 0 radical (unpaired) electrons. The highest BCUT2D eigenvalue weighted by atomic mass is 35.5. The van der Waals surface area contributed by atoms with Crippen molar-refractivity contribution in [2.45, 2.75) is 6.54 Å². The normalized spacial score (nSPS) is 9.67. The number of aromatic carboxylic acids is 1. The van der Waals surface area contributed by atoms with Crippen LogP contribution in [-0.2, 0) is 11.3 Å². The molecule has 0 aliphatic carbocycles. The zero-order valence-electron chi connectivity index (χ0n) is 7.87. The molecule has 0 fully saturated rings. The summed E-state index contributed by atoms with van der Waals surface area (Å²) in [5, 5.41) is 11.2. The molecule has 1 amide bonds. The lowest BCUT2D eigenvalue weighted by Gasteiger charge is -2.03. The molecule has 0 unspecified atom stereocenters. The lowest BCUT2D eigenvalue weighted by atomic mass is 10.1. The number of nitrogens with one attached hydrogen (secondary N) is 1. The monoisotopic (exact) mass is 227 g/mol. The second-order valence-electron chi connectivity index (χ2n) is 2.91. The van der Waals surface area contributed by atoms with Crippen LogP contribution in [0.3, 0.4) is 0 Å². The van der Waals surface area contributed by atoms with Gasteiger partial charge in [0.05, 0.1) is 5.56 Å². The van der Waals surface area contributed by atoms with Gasteiger partial charge in [-0.3, -0.25) is 4.79 Å². The summed E-state index contributed by atoms with van der Waals surface area (Å²) in [6, 6.07) is 6.28. The van der Waals surface area contributed by atoms with Gasteiger partial charge in [-0.05, 0) is 17.7 Å². The number of hydrogen-bond donors (Lipinski definition) is 2. The molecule has 1 rings (SSSR count). The summed E-state index contributed by atoms with van der Waals surface area (Å²) in [5.41, 5.74) is 1.06. The summed E-state index contributed by atoms with van der Waals surface area (Å²) < 4.78 is 0. The predicted octanol–water partition coefficient (Wildman–Crippen LogP) is 1.24. The van der Waals surface area contributed by atoms with Crippen LogP contribution in [0, 0.1) is 0 Å². The van der Waals surface area contributed by atoms with Gasteiger partial charge in [-0.2, -0.15) is 0 Å². The van der Waals surface area contributed by atoms with Crippen LogP contribution in [0.25, 0.3) is 0 Å². The third-order valence-corrected chi connectivity index (χ3v) is 2.05. The molecule has 0 aromatic heterocycles. The minimum Gasteiger partial charge on any atom is -0.478 e. The van der Waals surface area contributed by atoms with Crippen LogP contribution in [0.5, 0.6) is 0 Å². The highest BCUT2D eigenvalue weighted by Crippen LogP contribution is 2.04. The second-order valence-corrected chi connectivity index (χ2v) is 3.18. The Morgan fingerprint density at radius 3 is 2.33 bits per heavy atom. The maximum absolute atomic E-state index is 10.8. The first-order valence-corrected chi connectivity index (χ1v) is 4.82. The number of amides is 1. The van der Waals surface area contributed by atoms with E-state index in [4.69, 9.17) is 16.7 Å². The van der Waals surface area contributed by atoms with E-state index in [1.807, 2.05) is 0 Å². The predicted molar refractivity (Wildman–Crippen MR) is 56.0 cm³/mol. The Labute approximate surface area is 91.9 Å². The molecule has 0 heterocycles. The Morgan fingerprint density at radius 2 is 1.87 bits per heavy atom. The summed E-state index contributed by atoms with van der Waals surface area (Å²) in [4.78, 5) is 21.4. The van der Waals surface area contributed by atoms with E-state index in [9.17, 15) is 9.59 Å². The summed E-state index contributed by atoms with van der Waals surface area (Å²) in [6.45, 7) is 0.353. The first-order chi connectivity index (χ1) is 7.13. The number of rotatable bonds is 4. The van der Waals surface area contributed by atoms with Crippen molar-refractivity contribution in [1.29, 1.82) is 0 Å². The molecule has 2 N–H and O–H groups in total. The molecule has 0 aliphatic heterocycles. The van der Waals surface area contributed by atoms with Gasteiger partial charge in [-0.15, -0.1) is 11.6 Å². The first-order valence-electron chi connectivity index (χ1n) is 4.28. The Hall–Kier alpha value is -1.55. The molecule has 80 valence electrons. The Balaban J connectivity index is 2.57. The summed E-state index contributed by atoms with van der Waals surface area (Å²) in [7, 11) is 0. The summed E-state index contributed by atoms with van der Waals surface area (Å²) in [5.74, 6) is -1.29. The van der Waals surface area contributed by atoms with Crippen molar-refractivity contribution < 1.29 is 14.7 Å². The Morgan fingerprint density at radius 1 is 1.27 bits per heavy atom. The van der Waals surface area contributed by atoms with Gasteiger partial charge in [-0.1, -0.05) is 12.1 Å². The van der Waals surface area contributed by atoms with Crippen LogP contribution >= 0.6 is 11.6 Å². The first kappa shape index (κ1) is 11.5. The molecule has 0 aliphatic rings. The average Bonchev–Trinajstić information content (AvgIpc) is 2.26. The van der Waals surface area contributed by atoms with Crippen LogP contribution in [0.4, 0.5) is 0 Å². The molecule has 0 atom stereocenters. The van der Waals surface area contributed by atoms with Crippen molar-refractivity contribution in [1.82, 2.24) is 5.32 Å². The van der Waals surface area contributed by atoms with Gasteiger partial charge >= 0.3 is 5.97 Å². The molecule has 1 aromatic rings. The van der Waals surface area contributed by atoms with Crippen LogP contribution in [0.2, 0.25) is 0 Å². The largest absolute Gasteiger partial charge is 0.478 e. The Bertz CT molecular complexity index is 361. The number of hydrogen-bond acceptors (Lipinski definition) is 2. The van der Waals surface area contributed by atoms with Crippen molar-refractivity contribution in [3.63, 3.8) is 0 Å². The third-order valence-electron chi connectivity index (χ3n) is 1.81. The minimum atomic E-state index is -0.966.